The number of amides is 2. The zero-order valence-corrected chi connectivity index (χ0v) is 14.0. The number of rotatable bonds is 4. The van der Waals surface area contributed by atoms with Gasteiger partial charge in [0.15, 0.2) is 0 Å². The molecule has 2 aliphatic rings. The smallest absolute Gasteiger partial charge is 0.253 e. The Hall–Kier alpha value is -1.88. The SMILES string of the molecule is O=C(NCC1(O)CCCC1)C1CCN(C(=O)c2ccccc2)CC1. The molecule has 5 heteroatoms. The van der Waals surface area contributed by atoms with Crippen LogP contribution in [0.1, 0.15) is 48.9 Å². The summed E-state index contributed by atoms with van der Waals surface area (Å²) in [5, 5.41) is 13.2. The fourth-order valence-electron chi connectivity index (χ4n) is 3.71. The van der Waals surface area contributed by atoms with E-state index in [0.717, 1.165) is 25.7 Å². The molecule has 0 atom stereocenters. The fourth-order valence-corrected chi connectivity index (χ4v) is 3.71. The molecule has 0 aromatic heterocycles. The molecular weight excluding hydrogens is 304 g/mol. The molecule has 1 saturated carbocycles. The molecule has 24 heavy (non-hydrogen) atoms. The summed E-state index contributed by atoms with van der Waals surface area (Å²) in [6.45, 7) is 1.57. The number of benzene rings is 1. The van der Waals surface area contributed by atoms with E-state index in [2.05, 4.69) is 5.32 Å². The zero-order valence-electron chi connectivity index (χ0n) is 14.0. The van der Waals surface area contributed by atoms with E-state index >= 15 is 0 Å². The van der Waals surface area contributed by atoms with Crippen LogP contribution in [0.25, 0.3) is 0 Å². The number of carbonyl (C=O) groups is 2. The van der Waals surface area contributed by atoms with Crippen molar-refractivity contribution in [2.75, 3.05) is 19.6 Å². The van der Waals surface area contributed by atoms with Gasteiger partial charge in [0.2, 0.25) is 5.91 Å². The van der Waals surface area contributed by atoms with Crippen molar-refractivity contribution < 1.29 is 14.7 Å². The molecule has 1 aromatic carbocycles. The fraction of sp³-hybridized carbons (Fsp3) is 0.579. The van der Waals surface area contributed by atoms with Crippen molar-refractivity contribution in [2.45, 2.75) is 44.1 Å². The highest BCUT2D eigenvalue weighted by atomic mass is 16.3. The number of nitrogens with zero attached hydrogens (tertiary/aromatic N) is 1. The predicted molar refractivity (Wildman–Crippen MR) is 91.5 cm³/mol. The van der Waals surface area contributed by atoms with E-state index in [0.29, 0.717) is 38.0 Å². The van der Waals surface area contributed by atoms with Crippen LogP contribution in [0.15, 0.2) is 30.3 Å². The minimum Gasteiger partial charge on any atom is -0.388 e. The molecule has 0 radical (unpaired) electrons. The van der Waals surface area contributed by atoms with E-state index in [1.807, 2.05) is 35.2 Å². The van der Waals surface area contributed by atoms with Gasteiger partial charge in [-0.3, -0.25) is 9.59 Å². The van der Waals surface area contributed by atoms with E-state index in [1.54, 1.807) is 0 Å². The standard InChI is InChI=1S/C19H26N2O3/c22-17(20-14-19(24)10-4-5-11-19)15-8-12-21(13-9-15)18(23)16-6-2-1-3-7-16/h1-3,6-7,15,24H,4-5,8-14H2,(H,20,22). The third-order valence-corrected chi connectivity index (χ3v) is 5.30. The van der Waals surface area contributed by atoms with Gasteiger partial charge in [-0.15, -0.1) is 0 Å². The summed E-state index contributed by atoms with van der Waals surface area (Å²) in [5.74, 6) is -0.00770. The quantitative estimate of drug-likeness (QED) is 0.887. The predicted octanol–water partition coefficient (Wildman–Crippen LogP) is 1.96. The average Bonchev–Trinajstić information content (AvgIpc) is 3.07. The van der Waals surface area contributed by atoms with E-state index in [4.69, 9.17) is 0 Å². The number of hydrogen-bond acceptors (Lipinski definition) is 3. The van der Waals surface area contributed by atoms with Crippen molar-refractivity contribution in [1.29, 1.82) is 0 Å². The van der Waals surface area contributed by atoms with Gasteiger partial charge in [0.1, 0.15) is 0 Å². The van der Waals surface area contributed by atoms with Crippen LogP contribution in [0.2, 0.25) is 0 Å². The van der Waals surface area contributed by atoms with Crippen LogP contribution < -0.4 is 5.32 Å². The molecule has 2 fully saturated rings. The second-order valence-corrected chi connectivity index (χ2v) is 7.08. The highest BCUT2D eigenvalue weighted by Crippen LogP contribution is 2.29. The Labute approximate surface area is 143 Å². The van der Waals surface area contributed by atoms with E-state index in [9.17, 15) is 14.7 Å². The summed E-state index contributed by atoms with van der Waals surface area (Å²) < 4.78 is 0. The van der Waals surface area contributed by atoms with Crippen LogP contribution in [0.5, 0.6) is 0 Å². The monoisotopic (exact) mass is 330 g/mol. The molecule has 1 aliphatic heterocycles. The maximum absolute atomic E-state index is 12.4. The van der Waals surface area contributed by atoms with Gasteiger partial charge in [-0.2, -0.15) is 0 Å². The average molecular weight is 330 g/mol. The highest BCUT2D eigenvalue weighted by Gasteiger charge is 2.33. The van der Waals surface area contributed by atoms with Crippen molar-refractivity contribution in [2.24, 2.45) is 5.92 Å². The Kier molecular flexibility index (Phi) is 5.19. The number of nitrogens with one attached hydrogen (secondary N) is 1. The van der Waals surface area contributed by atoms with Crippen LogP contribution in [0.4, 0.5) is 0 Å². The Balaban J connectivity index is 1.46. The maximum Gasteiger partial charge on any atom is 0.253 e. The second-order valence-electron chi connectivity index (χ2n) is 7.08. The largest absolute Gasteiger partial charge is 0.388 e. The molecule has 1 heterocycles. The third-order valence-electron chi connectivity index (χ3n) is 5.30. The van der Waals surface area contributed by atoms with Gasteiger partial charge in [0.25, 0.3) is 5.91 Å². The molecule has 2 amide bonds. The van der Waals surface area contributed by atoms with E-state index in [-0.39, 0.29) is 17.7 Å². The molecule has 1 saturated heterocycles. The lowest BCUT2D eigenvalue weighted by Crippen LogP contribution is -2.46. The van der Waals surface area contributed by atoms with Gasteiger partial charge >= 0.3 is 0 Å². The number of piperidine rings is 1. The number of hydrogen-bond donors (Lipinski definition) is 2. The maximum atomic E-state index is 12.4. The summed E-state index contributed by atoms with van der Waals surface area (Å²) >= 11 is 0. The first-order valence-corrected chi connectivity index (χ1v) is 8.92. The minimum atomic E-state index is -0.709. The van der Waals surface area contributed by atoms with Crippen LogP contribution in [-0.4, -0.2) is 47.1 Å². The first-order valence-electron chi connectivity index (χ1n) is 8.92. The Morgan fingerprint density at radius 3 is 2.38 bits per heavy atom. The lowest BCUT2D eigenvalue weighted by molar-refractivity contribution is -0.127. The molecule has 5 nitrogen and oxygen atoms in total. The van der Waals surface area contributed by atoms with E-state index in [1.165, 1.54) is 0 Å². The molecule has 1 aromatic rings. The molecule has 0 unspecified atom stereocenters. The van der Waals surface area contributed by atoms with Crippen LogP contribution in [0, 0.1) is 5.92 Å². The molecule has 0 spiro atoms. The Bertz CT molecular complexity index is 574. The van der Waals surface area contributed by atoms with Crippen molar-refractivity contribution in [3.63, 3.8) is 0 Å². The summed E-state index contributed by atoms with van der Waals surface area (Å²) in [6, 6.07) is 9.26. The van der Waals surface area contributed by atoms with E-state index < -0.39 is 5.60 Å². The van der Waals surface area contributed by atoms with Crippen LogP contribution >= 0.6 is 0 Å². The van der Waals surface area contributed by atoms with Gasteiger partial charge in [0, 0.05) is 31.1 Å². The normalized spacial score (nSPS) is 20.8. The van der Waals surface area contributed by atoms with Crippen molar-refractivity contribution in [3.8, 4) is 0 Å². The lowest BCUT2D eigenvalue weighted by Gasteiger charge is -2.32. The van der Waals surface area contributed by atoms with Crippen molar-refractivity contribution in [3.05, 3.63) is 35.9 Å². The minimum absolute atomic E-state index is 0.0159. The molecule has 0 bridgehead atoms. The molecule has 3 rings (SSSR count). The van der Waals surface area contributed by atoms with Gasteiger partial charge in [0.05, 0.1) is 5.60 Å². The number of carbonyl (C=O) groups excluding carboxylic acids is 2. The van der Waals surface area contributed by atoms with Gasteiger partial charge in [-0.25, -0.2) is 0 Å². The number of aliphatic hydroxyl groups is 1. The molecule has 2 N–H and O–H groups in total. The second kappa shape index (κ2) is 7.34. The van der Waals surface area contributed by atoms with Gasteiger partial charge in [-0.1, -0.05) is 31.0 Å². The van der Waals surface area contributed by atoms with Gasteiger partial charge < -0.3 is 15.3 Å². The first-order chi connectivity index (χ1) is 11.6. The Morgan fingerprint density at radius 2 is 1.75 bits per heavy atom. The molecule has 1 aliphatic carbocycles. The van der Waals surface area contributed by atoms with Gasteiger partial charge in [-0.05, 0) is 37.8 Å². The summed E-state index contributed by atoms with van der Waals surface area (Å²) in [6.07, 6.45) is 4.99. The summed E-state index contributed by atoms with van der Waals surface area (Å²) in [4.78, 5) is 26.6. The summed E-state index contributed by atoms with van der Waals surface area (Å²) in [7, 11) is 0. The third kappa shape index (κ3) is 3.96. The molecule has 130 valence electrons. The molecular formula is C19H26N2O3. The summed E-state index contributed by atoms with van der Waals surface area (Å²) in [5.41, 5.74) is -0.0107. The Morgan fingerprint density at radius 1 is 1.12 bits per heavy atom. The van der Waals surface area contributed by atoms with Crippen LogP contribution in [0.3, 0.4) is 0 Å². The van der Waals surface area contributed by atoms with Crippen molar-refractivity contribution >= 4 is 11.8 Å². The number of likely N-dealkylation sites (tertiary alicyclic amines) is 1. The topological polar surface area (TPSA) is 69.6 Å². The highest BCUT2D eigenvalue weighted by molar-refractivity contribution is 5.94. The first kappa shape index (κ1) is 17.0. The lowest BCUT2D eigenvalue weighted by atomic mass is 9.94. The van der Waals surface area contributed by atoms with Crippen LogP contribution in [-0.2, 0) is 4.79 Å². The van der Waals surface area contributed by atoms with Crippen molar-refractivity contribution in [1.82, 2.24) is 10.2 Å². The zero-order chi connectivity index (χ0) is 17.0.